The van der Waals surface area contributed by atoms with Gasteiger partial charge >= 0.3 is 17.9 Å². The minimum Gasteiger partial charge on any atom is -0.481 e. The average Bonchev–Trinajstić information content (AvgIpc) is 2.57. The lowest BCUT2D eigenvalue weighted by atomic mass is 9.65. The fraction of sp³-hybridized carbons (Fsp3) is 0.640. The Morgan fingerprint density at radius 3 is 1.97 bits per heavy atom. The van der Waals surface area contributed by atoms with Crippen LogP contribution in [-0.2, 0) is 30.3 Å². The molecule has 0 aliphatic heterocycles. The molecule has 1 atom stereocenters. The van der Waals surface area contributed by atoms with Crippen molar-refractivity contribution < 1.29 is 29.0 Å². The highest BCUT2D eigenvalue weighted by molar-refractivity contribution is 6.01. The third-order valence-corrected chi connectivity index (χ3v) is 5.36. The van der Waals surface area contributed by atoms with E-state index in [2.05, 4.69) is 13.8 Å². The second-order valence-electron chi connectivity index (χ2n) is 10.9. The van der Waals surface area contributed by atoms with E-state index in [1.807, 2.05) is 18.2 Å². The SMILES string of the molecule is CC(C)c1ccc2c(c1)C(CC(=O)O)CC(C(=O)OC(C)(C)C)(C(=O)OC(C)(C)C)C2. The Hall–Kier alpha value is -2.37. The highest BCUT2D eigenvalue weighted by Gasteiger charge is 2.55. The number of esters is 2. The molecule has 1 aliphatic rings. The molecular formula is C25H36O6. The zero-order valence-electron chi connectivity index (χ0n) is 20.0. The first-order valence-corrected chi connectivity index (χ1v) is 10.9. The van der Waals surface area contributed by atoms with Crippen molar-refractivity contribution >= 4 is 17.9 Å². The van der Waals surface area contributed by atoms with Gasteiger partial charge in [0.25, 0.3) is 0 Å². The summed E-state index contributed by atoms with van der Waals surface area (Å²) in [6.45, 7) is 14.6. The first kappa shape index (κ1) is 24.9. The average molecular weight is 433 g/mol. The van der Waals surface area contributed by atoms with E-state index in [1.54, 1.807) is 41.5 Å². The van der Waals surface area contributed by atoms with E-state index in [1.165, 1.54) is 0 Å². The Balaban J connectivity index is 2.63. The first-order chi connectivity index (χ1) is 14.0. The molecule has 6 nitrogen and oxygen atoms in total. The molecule has 1 aromatic carbocycles. The minimum absolute atomic E-state index is 0.0394. The molecule has 0 bridgehead atoms. The van der Waals surface area contributed by atoms with Crippen molar-refractivity contribution in [1.29, 1.82) is 0 Å². The lowest BCUT2D eigenvalue weighted by molar-refractivity contribution is -0.187. The summed E-state index contributed by atoms with van der Waals surface area (Å²) in [5.41, 5.74) is -0.412. The van der Waals surface area contributed by atoms with E-state index in [0.29, 0.717) is 0 Å². The van der Waals surface area contributed by atoms with Gasteiger partial charge in [-0.2, -0.15) is 0 Å². The first-order valence-electron chi connectivity index (χ1n) is 10.9. The third kappa shape index (κ3) is 6.08. The normalized spacial score (nSPS) is 18.3. The van der Waals surface area contributed by atoms with Gasteiger partial charge in [-0.1, -0.05) is 32.0 Å². The van der Waals surface area contributed by atoms with Crippen molar-refractivity contribution in [2.45, 2.75) is 97.7 Å². The van der Waals surface area contributed by atoms with Gasteiger partial charge in [0.1, 0.15) is 11.2 Å². The lowest BCUT2D eigenvalue weighted by Crippen LogP contribution is -2.50. The topological polar surface area (TPSA) is 89.9 Å². The van der Waals surface area contributed by atoms with Crippen molar-refractivity contribution in [3.05, 3.63) is 34.9 Å². The van der Waals surface area contributed by atoms with Gasteiger partial charge in [-0.3, -0.25) is 14.4 Å². The zero-order valence-corrected chi connectivity index (χ0v) is 20.0. The molecule has 2 rings (SSSR count). The van der Waals surface area contributed by atoms with Gasteiger partial charge < -0.3 is 14.6 Å². The molecule has 31 heavy (non-hydrogen) atoms. The van der Waals surface area contributed by atoms with E-state index >= 15 is 0 Å². The van der Waals surface area contributed by atoms with Crippen molar-refractivity contribution in [2.75, 3.05) is 0 Å². The summed E-state index contributed by atoms with van der Waals surface area (Å²) >= 11 is 0. The Morgan fingerprint density at radius 2 is 1.55 bits per heavy atom. The minimum atomic E-state index is -1.59. The fourth-order valence-corrected chi connectivity index (χ4v) is 3.98. The summed E-state index contributed by atoms with van der Waals surface area (Å²) < 4.78 is 11.3. The van der Waals surface area contributed by atoms with E-state index in [4.69, 9.17) is 9.47 Å². The van der Waals surface area contributed by atoms with Crippen LogP contribution in [-0.4, -0.2) is 34.2 Å². The highest BCUT2D eigenvalue weighted by Crippen LogP contribution is 2.47. The van der Waals surface area contributed by atoms with E-state index in [9.17, 15) is 19.5 Å². The van der Waals surface area contributed by atoms with Gasteiger partial charge in [-0.05, 0) is 82.9 Å². The molecule has 1 N–H and O–H groups in total. The van der Waals surface area contributed by atoms with Crippen LogP contribution < -0.4 is 0 Å². The molecule has 0 amide bonds. The molecule has 0 radical (unpaired) electrons. The number of hydrogen-bond acceptors (Lipinski definition) is 5. The number of rotatable bonds is 5. The summed E-state index contributed by atoms with van der Waals surface area (Å²) in [7, 11) is 0. The van der Waals surface area contributed by atoms with Gasteiger partial charge in [0.15, 0.2) is 5.41 Å². The second kappa shape index (κ2) is 8.64. The molecule has 0 aromatic heterocycles. The Kier molecular flexibility index (Phi) is 6.94. The van der Waals surface area contributed by atoms with Crippen molar-refractivity contribution in [3.8, 4) is 0 Å². The Labute approximate surface area is 185 Å². The maximum atomic E-state index is 13.4. The molecule has 1 aromatic rings. The maximum Gasteiger partial charge on any atom is 0.324 e. The lowest BCUT2D eigenvalue weighted by Gasteiger charge is -2.40. The summed E-state index contributed by atoms with van der Waals surface area (Å²) in [5.74, 6) is -2.53. The molecule has 0 fully saturated rings. The van der Waals surface area contributed by atoms with E-state index in [-0.39, 0.29) is 25.2 Å². The van der Waals surface area contributed by atoms with E-state index < -0.39 is 40.4 Å². The third-order valence-electron chi connectivity index (χ3n) is 5.36. The van der Waals surface area contributed by atoms with Crippen LogP contribution in [0.4, 0.5) is 0 Å². The number of carboxylic acid groups (broad SMARTS) is 1. The van der Waals surface area contributed by atoms with Crippen molar-refractivity contribution in [2.24, 2.45) is 5.41 Å². The Bertz CT molecular complexity index is 826. The molecule has 1 unspecified atom stereocenters. The van der Waals surface area contributed by atoms with Crippen LogP contribution in [0.5, 0.6) is 0 Å². The number of ether oxygens (including phenoxy) is 2. The van der Waals surface area contributed by atoms with Gasteiger partial charge in [0.2, 0.25) is 0 Å². The number of fused-ring (bicyclic) bond motifs is 1. The zero-order chi connectivity index (χ0) is 23.8. The Morgan fingerprint density at radius 1 is 1.03 bits per heavy atom. The van der Waals surface area contributed by atoms with Gasteiger partial charge in [0.05, 0.1) is 6.42 Å². The summed E-state index contributed by atoms with van der Waals surface area (Å²) in [6.07, 6.45) is -0.0137. The molecule has 6 heteroatoms. The van der Waals surface area contributed by atoms with Crippen LogP contribution in [0.2, 0.25) is 0 Å². The maximum absolute atomic E-state index is 13.4. The van der Waals surface area contributed by atoms with Gasteiger partial charge in [0, 0.05) is 0 Å². The molecule has 0 saturated heterocycles. The van der Waals surface area contributed by atoms with Gasteiger partial charge in [-0.15, -0.1) is 0 Å². The van der Waals surface area contributed by atoms with Crippen molar-refractivity contribution in [3.63, 3.8) is 0 Å². The standard InChI is InChI=1S/C25H36O6/c1-15(2)16-9-10-17-13-25(21(28)30-23(3,4)5,22(29)31-24(6,7)8)14-18(12-20(26)27)19(17)11-16/h9-11,15,18H,12-14H2,1-8H3,(H,26,27). The molecular weight excluding hydrogens is 396 g/mol. The quantitative estimate of drug-likeness (QED) is 0.521. The van der Waals surface area contributed by atoms with Crippen LogP contribution in [0.15, 0.2) is 18.2 Å². The second-order valence-corrected chi connectivity index (χ2v) is 10.9. The number of carbonyl (C=O) groups excluding carboxylic acids is 2. The predicted octanol–water partition coefficient (Wildman–Crippen LogP) is 4.98. The number of hydrogen-bond donors (Lipinski definition) is 1. The van der Waals surface area contributed by atoms with E-state index in [0.717, 1.165) is 16.7 Å². The predicted molar refractivity (Wildman–Crippen MR) is 118 cm³/mol. The monoisotopic (exact) mass is 432 g/mol. The number of aliphatic carboxylic acids is 1. The summed E-state index contributed by atoms with van der Waals surface area (Å²) in [4.78, 5) is 38.5. The van der Waals surface area contributed by atoms with Crippen LogP contribution in [0, 0.1) is 5.41 Å². The van der Waals surface area contributed by atoms with Crippen LogP contribution in [0.1, 0.15) is 96.8 Å². The molecule has 172 valence electrons. The largest absolute Gasteiger partial charge is 0.481 e. The van der Waals surface area contributed by atoms with Crippen LogP contribution in [0.3, 0.4) is 0 Å². The summed E-state index contributed by atoms with van der Waals surface area (Å²) in [6, 6.07) is 5.89. The van der Waals surface area contributed by atoms with Crippen LogP contribution in [0.25, 0.3) is 0 Å². The van der Waals surface area contributed by atoms with Crippen LogP contribution >= 0.6 is 0 Å². The van der Waals surface area contributed by atoms with Gasteiger partial charge in [-0.25, -0.2) is 0 Å². The molecule has 0 spiro atoms. The molecule has 1 aliphatic carbocycles. The number of carbonyl (C=O) groups is 3. The molecule has 0 saturated carbocycles. The van der Waals surface area contributed by atoms with Crippen molar-refractivity contribution in [1.82, 2.24) is 0 Å². The molecule has 0 heterocycles. The summed E-state index contributed by atoms with van der Waals surface area (Å²) in [5, 5.41) is 9.56. The number of benzene rings is 1. The smallest absolute Gasteiger partial charge is 0.324 e. The highest BCUT2D eigenvalue weighted by atomic mass is 16.6. The fourth-order valence-electron chi connectivity index (χ4n) is 3.98. The number of carboxylic acids is 1.